The van der Waals surface area contributed by atoms with Gasteiger partial charge in [0.25, 0.3) is 5.91 Å². The van der Waals surface area contributed by atoms with Crippen molar-refractivity contribution in [1.29, 1.82) is 0 Å². The Labute approximate surface area is 199 Å². The molecule has 0 spiro atoms. The molecule has 6 N–H and O–H groups in total. The molecule has 1 fully saturated rings. The molecule has 2 aliphatic rings. The molecular formula is C25H31N5O4. The maximum absolute atomic E-state index is 12.6. The van der Waals surface area contributed by atoms with E-state index in [1.165, 1.54) is 7.11 Å². The summed E-state index contributed by atoms with van der Waals surface area (Å²) in [6, 6.07) is 14.4. The molecule has 9 nitrogen and oxygen atoms in total. The third-order valence-corrected chi connectivity index (χ3v) is 6.40. The van der Waals surface area contributed by atoms with Crippen molar-refractivity contribution in [3.8, 4) is 5.75 Å². The number of para-hydroxylation sites is 1. The third kappa shape index (κ3) is 4.71. The van der Waals surface area contributed by atoms with Gasteiger partial charge in [-0.25, -0.2) is 5.43 Å². The van der Waals surface area contributed by atoms with Gasteiger partial charge in [0, 0.05) is 19.1 Å². The first-order chi connectivity index (χ1) is 16.4. The Kier molecular flexibility index (Phi) is 7.04. The van der Waals surface area contributed by atoms with E-state index in [0.717, 1.165) is 17.5 Å². The number of hydrogen-bond acceptors (Lipinski definition) is 7. The Morgan fingerprint density at radius 2 is 1.94 bits per heavy atom. The van der Waals surface area contributed by atoms with Crippen LogP contribution in [0.4, 0.5) is 0 Å². The average molecular weight is 466 g/mol. The van der Waals surface area contributed by atoms with Crippen LogP contribution in [0, 0.1) is 5.92 Å². The van der Waals surface area contributed by atoms with Gasteiger partial charge in [0.1, 0.15) is 11.6 Å². The lowest BCUT2D eigenvalue weighted by Crippen LogP contribution is -2.50. The van der Waals surface area contributed by atoms with Gasteiger partial charge in [-0.1, -0.05) is 43.3 Å². The Morgan fingerprint density at radius 1 is 1.21 bits per heavy atom. The van der Waals surface area contributed by atoms with Crippen LogP contribution in [0.15, 0.2) is 59.9 Å². The number of ether oxygens (including phenoxy) is 2. The Balaban J connectivity index is 1.46. The first-order valence-corrected chi connectivity index (χ1v) is 11.3. The van der Waals surface area contributed by atoms with Gasteiger partial charge in [-0.15, -0.1) is 0 Å². The summed E-state index contributed by atoms with van der Waals surface area (Å²) in [5, 5.41) is 4.78. The number of nitrogens with one attached hydrogen (secondary N) is 2. The highest BCUT2D eigenvalue weighted by Crippen LogP contribution is 2.34. The summed E-state index contributed by atoms with van der Waals surface area (Å²) in [6.07, 6.45) is 0.804. The van der Waals surface area contributed by atoms with Crippen molar-refractivity contribution in [2.24, 2.45) is 17.4 Å². The van der Waals surface area contributed by atoms with Crippen molar-refractivity contribution >= 4 is 11.8 Å². The smallest absolute Gasteiger partial charge is 0.255 e. The largest absolute Gasteiger partial charge is 0.496 e. The molecule has 3 unspecified atom stereocenters. The van der Waals surface area contributed by atoms with E-state index in [-0.39, 0.29) is 17.9 Å². The number of carbonyl (C=O) groups is 2. The minimum atomic E-state index is -0.551. The molecule has 4 rings (SSSR count). The van der Waals surface area contributed by atoms with Crippen LogP contribution in [0.3, 0.4) is 0 Å². The standard InChI is InChI=1S/C25H31N5O4/c1-15-14-34-12-11-19(15)30-23(26)21(24(27)31)22(29-30)17-9-7-16(8-10-17)13-28-25(32)18-5-3-4-6-20(18)33-2/h3-10,15,19,22,29H,11-14,26H2,1-2H3,(H2,27,31)(H,28,32). The van der Waals surface area contributed by atoms with Crippen molar-refractivity contribution in [1.82, 2.24) is 15.8 Å². The number of primary amides is 1. The van der Waals surface area contributed by atoms with Crippen LogP contribution in [0.25, 0.3) is 0 Å². The van der Waals surface area contributed by atoms with E-state index in [1.54, 1.807) is 18.2 Å². The average Bonchev–Trinajstić information content (AvgIpc) is 3.20. The van der Waals surface area contributed by atoms with E-state index in [2.05, 4.69) is 17.7 Å². The van der Waals surface area contributed by atoms with Crippen LogP contribution in [0.1, 0.15) is 40.9 Å². The minimum absolute atomic E-state index is 0.109. The molecule has 0 saturated carbocycles. The molecule has 0 radical (unpaired) electrons. The molecule has 2 amide bonds. The van der Waals surface area contributed by atoms with Crippen LogP contribution in [0.5, 0.6) is 5.75 Å². The number of carbonyl (C=O) groups excluding carboxylic acids is 2. The molecular weight excluding hydrogens is 434 g/mol. The van der Waals surface area contributed by atoms with Crippen molar-refractivity contribution in [3.05, 3.63) is 76.6 Å². The van der Waals surface area contributed by atoms with E-state index in [9.17, 15) is 9.59 Å². The number of hydrogen-bond donors (Lipinski definition) is 4. The lowest BCUT2D eigenvalue weighted by Gasteiger charge is -2.38. The molecule has 0 aliphatic carbocycles. The van der Waals surface area contributed by atoms with E-state index in [1.807, 2.05) is 35.3 Å². The lowest BCUT2D eigenvalue weighted by atomic mass is 9.97. The normalized spacial score (nSPS) is 22.5. The molecule has 3 atom stereocenters. The predicted octanol–water partition coefficient (Wildman–Crippen LogP) is 1.57. The molecule has 2 aliphatic heterocycles. The van der Waals surface area contributed by atoms with Crippen molar-refractivity contribution < 1.29 is 19.1 Å². The fraction of sp³-hybridized carbons (Fsp3) is 0.360. The van der Waals surface area contributed by atoms with Gasteiger partial charge in [-0.05, 0) is 29.7 Å². The van der Waals surface area contributed by atoms with Gasteiger partial charge in [0.15, 0.2) is 0 Å². The Bertz CT molecular complexity index is 1080. The summed E-state index contributed by atoms with van der Waals surface area (Å²) in [7, 11) is 1.53. The topological polar surface area (TPSA) is 132 Å². The number of methoxy groups -OCH3 is 1. The highest BCUT2D eigenvalue weighted by atomic mass is 16.5. The molecule has 1 saturated heterocycles. The van der Waals surface area contributed by atoms with E-state index in [4.69, 9.17) is 20.9 Å². The molecule has 2 aromatic carbocycles. The van der Waals surface area contributed by atoms with Gasteiger partial charge in [0.2, 0.25) is 5.91 Å². The first-order valence-electron chi connectivity index (χ1n) is 11.3. The van der Waals surface area contributed by atoms with Crippen molar-refractivity contribution in [2.75, 3.05) is 20.3 Å². The van der Waals surface area contributed by atoms with Crippen LogP contribution in [-0.2, 0) is 16.1 Å². The van der Waals surface area contributed by atoms with Gasteiger partial charge >= 0.3 is 0 Å². The quantitative estimate of drug-likeness (QED) is 0.488. The fourth-order valence-corrected chi connectivity index (χ4v) is 4.53. The third-order valence-electron chi connectivity index (χ3n) is 6.40. The zero-order valence-corrected chi connectivity index (χ0v) is 19.4. The van der Waals surface area contributed by atoms with E-state index >= 15 is 0 Å². The summed E-state index contributed by atoms with van der Waals surface area (Å²) in [5.74, 6) is 0.373. The van der Waals surface area contributed by atoms with Crippen molar-refractivity contribution in [2.45, 2.75) is 32.0 Å². The molecule has 0 bridgehead atoms. The minimum Gasteiger partial charge on any atom is -0.496 e. The van der Waals surface area contributed by atoms with Gasteiger partial charge in [-0.3, -0.25) is 14.6 Å². The fourth-order valence-electron chi connectivity index (χ4n) is 4.53. The second kappa shape index (κ2) is 10.1. The summed E-state index contributed by atoms with van der Waals surface area (Å²) >= 11 is 0. The molecule has 2 heterocycles. The maximum atomic E-state index is 12.6. The molecule has 2 aromatic rings. The SMILES string of the molecule is COc1ccccc1C(=O)NCc1ccc(C2NN(C3CCOCC3C)C(N)=C2C(N)=O)cc1. The zero-order valence-electron chi connectivity index (χ0n) is 19.4. The number of benzene rings is 2. The van der Waals surface area contributed by atoms with E-state index < -0.39 is 11.9 Å². The lowest BCUT2D eigenvalue weighted by molar-refractivity contribution is -0.114. The van der Waals surface area contributed by atoms with Crippen LogP contribution < -0.4 is 26.9 Å². The first kappa shape index (κ1) is 23.6. The molecule has 34 heavy (non-hydrogen) atoms. The summed E-state index contributed by atoms with van der Waals surface area (Å²) in [6.45, 7) is 3.74. The Hall–Kier alpha value is -3.56. The Morgan fingerprint density at radius 3 is 2.62 bits per heavy atom. The predicted molar refractivity (Wildman–Crippen MR) is 127 cm³/mol. The number of rotatable bonds is 7. The molecule has 180 valence electrons. The molecule has 9 heteroatoms. The second-order valence-corrected chi connectivity index (χ2v) is 8.63. The second-order valence-electron chi connectivity index (χ2n) is 8.63. The summed E-state index contributed by atoms with van der Waals surface area (Å²) in [4.78, 5) is 24.8. The van der Waals surface area contributed by atoms with Crippen LogP contribution in [0.2, 0.25) is 0 Å². The van der Waals surface area contributed by atoms with Gasteiger partial charge < -0.3 is 26.3 Å². The monoisotopic (exact) mass is 465 g/mol. The zero-order chi connectivity index (χ0) is 24.2. The van der Waals surface area contributed by atoms with E-state index in [0.29, 0.717) is 42.5 Å². The highest BCUT2D eigenvalue weighted by Gasteiger charge is 2.39. The van der Waals surface area contributed by atoms with Crippen molar-refractivity contribution in [3.63, 3.8) is 0 Å². The number of nitrogens with two attached hydrogens (primary N) is 2. The number of hydrazine groups is 1. The number of nitrogens with zero attached hydrogens (tertiary/aromatic N) is 1. The summed E-state index contributed by atoms with van der Waals surface area (Å²) in [5.41, 5.74) is 18.1. The summed E-state index contributed by atoms with van der Waals surface area (Å²) < 4.78 is 10.8. The van der Waals surface area contributed by atoms with Gasteiger partial charge in [-0.2, -0.15) is 0 Å². The number of amides is 2. The maximum Gasteiger partial charge on any atom is 0.255 e. The highest BCUT2D eigenvalue weighted by molar-refractivity contribution is 5.97. The van der Waals surface area contributed by atoms with Crippen LogP contribution >= 0.6 is 0 Å². The van der Waals surface area contributed by atoms with Crippen LogP contribution in [-0.4, -0.2) is 43.2 Å². The van der Waals surface area contributed by atoms with Gasteiger partial charge in [0.05, 0.1) is 36.9 Å². The molecule has 0 aromatic heterocycles.